The number of halogens is 2. The highest BCUT2D eigenvalue weighted by atomic mass is 32.2. The van der Waals surface area contributed by atoms with E-state index in [4.69, 9.17) is 4.74 Å². The molecule has 92 valence electrons. The smallest absolute Gasteiger partial charge is 0.334 e. The Labute approximate surface area is 103 Å². The Morgan fingerprint density at radius 3 is 2.76 bits per heavy atom. The van der Waals surface area contributed by atoms with E-state index in [-0.39, 0.29) is 22.8 Å². The summed E-state index contributed by atoms with van der Waals surface area (Å²) in [4.78, 5) is 11.5. The summed E-state index contributed by atoms with van der Waals surface area (Å²) in [5.74, 6) is -1.56. The number of esters is 1. The minimum Gasteiger partial charge on any atom is -0.463 e. The molecule has 0 amide bonds. The molecule has 0 radical (unpaired) electrons. The Morgan fingerprint density at radius 1 is 1.47 bits per heavy atom. The van der Waals surface area contributed by atoms with E-state index in [1.54, 1.807) is 6.92 Å². The SMILES string of the molecule is C=C(CSc1ccc(F)cc1F)C(=O)OCC. The third kappa shape index (κ3) is 4.19. The summed E-state index contributed by atoms with van der Waals surface area (Å²) >= 11 is 1.08. The molecule has 1 aromatic carbocycles. The van der Waals surface area contributed by atoms with Crippen molar-refractivity contribution in [3.8, 4) is 0 Å². The van der Waals surface area contributed by atoms with E-state index in [0.29, 0.717) is 0 Å². The summed E-state index contributed by atoms with van der Waals surface area (Å²) < 4.78 is 30.6. The van der Waals surface area contributed by atoms with Crippen molar-refractivity contribution < 1.29 is 18.3 Å². The predicted octanol–water partition coefficient (Wildman–Crippen LogP) is 3.18. The van der Waals surface area contributed by atoms with E-state index in [2.05, 4.69) is 6.58 Å². The molecule has 2 nitrogen and oxygen atoms in total. The molecule has 0 bridgehead atoms. The lowest BCUT2D eigenvalue weighted by atomic mass is 10.3. The van der Waals surface area contributed by atoms with Crippen molar-refractivity contribution in [3.63, 3.8) is 0 Å². The molecule has 5 heteroatoms. The van der Waals surface area contributed by atoms with Gasteiger partial charge in [0.05, 0.1) is 6.61 Å². The predicted molar refractivity (Wildman–Crippen MR) is 62.9 cm³/mol. The third-order valence-electron chi connectivity index (χ3n) is 1.86. The molecule has 0 atom stereocenters. The van der Waals surface area contributed by atoms with Crippen LogP contribution in [0.5, 0.6) is 0 Å². The van der Waals surface area contributed by atoms with Gasteiger partial charge >= 0.3 is 5.97 Å². The maximum atomic E-state index is 13.2. The summed E-state index contributed by atoms with van der Waals surface area (Å²) in [6, 6.07) is 3.29. The summed E-state index contributed by atoms with van der Waals surface area (Å²) in [7, 11) is 0. The van der Waals surface area contributed by atoms with E-state index in [9.17, 15) is 13.6 Å². The first-order valence-corrected chi connectivity index (χ1v) is 5.96. The van der Waals surface area contributed by atoms with Crippen LogP contribution in [0.15, 0.2) is 35.2 Å². The number of hydrogen-bond acceptors (Lipinski definition) is 3. The van der Waals surface area contributed by atoms with Crippen LogP contribution >= 0.6 is 11.8 Å². The number of thioether (sulfide) groups is 1. The van der Waals surface area contributed by atoms with E-state index in [1.165, 1.54) is 12.1 Å². The van der Waals surface area contributed by atoms with Crippen molar-refractivity contribution in [3.05, 3.63) is 42.0 Å². The molecule has 0 aromatic heterocycles. The van der Waals surface area contributed by atoms with E-state index in [0.717, 1.165) is 17.8 Å². The maximum Gasteiger partial charge on any atom is 0.334 e. The van der Waals surface area contributed by atoms with Gasteiger partial charge in [-0.05, 0) is 19.1 Å². The number of rotatable bonds is 5. The van der Waals surface area contributed by atoms with Crippen LogP contribution in [-0.2, 0) is 9.53 Å². The van der Waals surface area contributed by atoms with Gasteiger partial charge in [-0.25, -0.2) is 13.6 Å². The fourth-order valence-electron chi connectivity index (χ4n) is 1.05. The van der Waals surface area contributed by atoms with Crippen molar-refractivity contribution >= 4 is 17.7 Å². The van der Waals surface area contributed by atoms with Gasteiger partial charge in [-0.3, -0.25) is 0 Å². The zero-order valence-corrected chi connectivity index (χ0v) is 10.2. The van der Waals surface area contributed by atoms with Crippen molar-refractivity contribution in [2.45, 2.75) is 11.8 Å². The first-order chi connectivity index (χ1) is 8.04. The molecule has 0 aliphatic carbocycles. The quantitative estimate of drug-likeness (QED) is 0.461. The molecule has 0 saturated carbocycles. The first-order valence-electron chi connectivity index (χ1n) is 4.97. The van der Waals surface area contributed by atoms with Crippen molar-refractivity contribution in [1.29, 1.82) is 0 Å². The highest BCUT2D eigenvalue weighted by Gasteiger charge is 2.10. The standard InChI is InChI=1S/C12H12F2O2S/c1-3-16-12(15)8(2)7-17-11-5-4-9(13)6-10(11)14/h4-6H,2-3,7H2,1H3. The van der Waals surface area contributed by atoms with Gasteiger partial charge in [0.25, 0.3) is 0 Å². The number of carbonyl (C=O) groups excluding carboxylic acids is 1. The van der Waals surface area contributed by atoms with Gasteiger partial charge in [0.15, 0.2) is 0 Å². The summed E-state index contributed by atoms with van der Waals surface area (Å²) in [5.41, 5.74) is 0.251. The van der Waals surface area contributed by atoms with Gasteiger partial charge in [0.1, 0.15) is 11.6 Å². The van der Waals surface area contributed by atoms with Crippen molar-refractivity contribution in [2.24, 2.45) is 0 Å². The lowest BCUT2D eigenvalue weighted by molar-refractivity contribution is -0.138. The highest BCUT2D eigenvalue weighted by Crippen LogP contribution is 2.24. The van der Waals surface area contributed by atoms with Crippen molar-refractivity contribution in [1.82, 2.24) is 0 Å². The van der Waals surface area contributed by atoms with E-state index >= 15 is 0 Å². The molecule has 0 spiro atoms. The van der Waals surface area contributed by atoms with Crippen molar-refractivity contribution in [2.75, 3.05) is 12.4 Å². The fraction of sp³-hybridized carbons (Fsp3) is 0.250. The molecule has 1 aromatic rings. The average molecular weight is 258 g/mol. The molecule has 1 rings (SSSR count). The minimum atomic E-state index is -0.647. The minimum absolute atomic E-state index is 0.210. The molecule has 0 saturated heterocycles. The lowest BCUT2D eigenvalue weighted by Gasteiger charge is -2.05. The van der Waals surface area contributed by atoms with Gasteiger partial charge in [0.2, 0.25) is 0 Å². The summed E-state index contributed by atoms with van der Waals surface area (Å²) in [5, 5.41) is 0. The number of carbonyl (C=O) groups is 1. The van der Waals surface area contributed by atoms with Gasteiger partial charge in [-0.1, -0.05) is 6.58 Å². The highest BCUT2D eigenvalue weighted by molar-refractivity contribution is 7.99. The first kappa shape index (κ1) is 13.7. The second-order valence-electron chi connectivity index (χ2n) is 3.19. The third-order valence-corrected chi connectivity index (χ3v) is 2.99. The molecule has 0 unspecified atom stereocenters. The molecule has 0 fully saturated rings. The lowest BCUT2D eigenvalue weighted by Crippen LogP contribution is -2.08. The molecule has 0 heterocycles. The average Bonchev–Trinajstić information content (AvgIpc) is 2.27. The molecule has 0 aliphatic rings. The van der Waals surface area contributed by atoms with Gasteiger partial charge in [-0.15, -0.1) is 11.8 Å². The second kappa shape index (κ2) is 6.39. The maximum absolute atomic E-state index is 13.2. The molecule has 17 heavy (non-hydrogen) atoms. The van der Waals surface area contributed by atoms with Crippen LogP contribution in [0.3, 0.4) is 0 Å². The largest absolute Gasteiger partial charge is 0.463 e. The van der Waals surface area contributed by atoms with Crippen LogP contribution in [-0.4, -0.2) is 18.3 Å². The Hall–Kier alpha value is -1.36. The van der Waals surface area contributed by atoms with Gasteiger partial charge in [-0.2, -0.15) is 0 Å². The Morgan fingerprint density at radius 2 is 2.18 bits per heavy atom. The van der Waals surface area contributed by atoms with Crippen LogP contribution in [0.25, 0.3) is 0 Å². The van der Waals surface area contributed by atoms with Crippen LogP contribution < -0.4 is 0 Å². The van der Waals surface area contributed by atoms with Gasteiger partial charge < -0.3 is 4.74 Å². The van der Waals surface area contributed by atoms with Crippen LogP contribution in [0, 0.1) is 11.6 Å². The zero-order valence-electron chi connectivity index (χ0n) is 9.33. The summed E-state index contributed by atoms with van der Waals surface area (Å²) in [6.07, 6.45) is 0. The van der Waals surface area contributed by atoms with E-state index < -0.39 is 17.6 Å². The Kier molecular flexibility index (Phi) is 5.15. The zero-order chi connectivity index (χ0) is 12.8. The number of benzene rings is 1. The molecular formula is C12H12F2O2S. The summed E-state index contributed by atoms with van der Waals surface area (Å²) in [6.45, 7) is 5.51. The Balaban J connectivity index is 2.56. The van der Waals surface area contributed by atoms with Crippen LogP contribution in [0.4, 0.5) is 8.78 Å². The fourth-order valence-corrected chi connectivity index (χ4v) is 1.86. The monoisotopic (exact) mass is 258 g/mol. The van der Waals surface area contributed by atoms with E-state index in [1.807, 2.05) is 0 Å². The number of ether oxygens (including phenoxy) is 1. The normalized spacial score (nSPS) is 10.1. The van der Waals surface area contributed by atoms with Gasteiger partial charge in [0, 0.05) is 22.3 Å². The molecule has 0 N–H and O–H groups in total. The van der Waals surface area contributed by atoms with Crippen LogP contribution in [0.2, 0.25) is 0 Å². The topological polar surface area (TPSA) is 26.3 Å². The Bertz CT molecular complexity index is 433. The number of hydrogen-bond donors (Lipinski definition) is 0. The second-order valence-corrected chi connectivity index (χ2v) is 4.20. The van der Waals surface area contributed by atoms with Crippen LogP contribution in [0.1, 0.15) is 6.92 Å². The molecular weight excluding hydrogens is 246 g/mol. The molecule has 0 aliphatic heterocycles.